The van der Waals surface area contributed by atoms with Crippen molar-refractivity contribution in [3.63, 3.8) is 0 Å². The number of aryl methyl sites for hydroxylation is 1. The van der Waals surface area contributed by atoms with Crippen LogP contribution in [0.25, 0.3) is 0 Å². The summed E-state index contributed by atoms with van der Waals surface area (Å²) in [7, 11) is 0. The minimum atomic E-state index is -0.395. The van der Waals surface area contributed by atoms with Crippen LogP contribution in [-0.2, 0) is 11.2 Å². The summed E-state index contributed by atoms with van der Waals surface area (Å²) in [6.07, 6.45) is 4.46. The number of hydrogen-bond donors (Lipinski definition) is 2. The molecule has 1 heterocycles. The smallest absolute Gasteiger partial charge is 0.231 e. The van der Waals surface area contributed by atoms with Gasteiger partial charge in [-0.3, -0.25) is 4.79 Å². The lowest BCUT2D eigenvalue weighted by molar-refractivity contribution is -0.123. The van der Waals surface area contributed by atoms with Crippen molar-refractivity contribution >= 4 is 5.91 Å². The van der Waals surface area contributed by atoms with Gasteiger partial charge in [0.05, 0.1) is 12.1 Å². The summed E-state index contributed by atoms with van der Waals surface area (Å²) in [6, 6.07) is 5.67. The lowest BCUT2D eigenvalue weighted by Crippen LogP contribution is -2.45. The van der Waals surface area contributed by atoms with Gasteiger partial charge < -0.3 is 19.9 Å². The molecule has 1 aromatic carbocycles. The van der Waals surface area contributed by atoms with E-state index in [1.165, 1.54) is 0 Å². The number of benzene rings is 1. The number of amides is 1. The largest absolute Gasteiger partial charge is 0.454 e. The third-order valence-corrected chi connectivity index (χ3v) is 4.15. The van der Waals surface area contributed by atoms with Gasteiger partial charge in [0.25, 0.3) is 0 Å². The van der Waals surface area contributed by atoms with Gasteiger partial charge in [-0.1, -0.05) is 18.9 Å². The number of nitrogens with one attached hydrogen (secondary N) is 1. The second-order valence-corrected chi connectivity index (χ2v) is 5.71. The number of aliphatic hydroxyl groups excluding tert-OH is 1. The molecule has 0 saturated heterocycles. The van der Waals surface area contributed by atoms with Crippen molar-refractivity contribution in [1.82, 2.24) is 5.32 Å². The van der Waals surface area contributed by atoms with Crippen LogP contribution in [0.1, 0.15) is 37.7 Å². The molecular formula is C16H21NO4. The van der Waals surface area contributed by atoms with E-state index in [2.05, 4.69) is 5.32 Å². The van der Waals surface area contributed by atoms with Gasteiger partial charge in [0, 0.05) is 6.42 Å². The molecule has 1 amide bonds. The molecule has 5 heteroatoms. The van der Waals surface area contributed by atoms with E-state index in [1.807, 2.05) is 18.2 Å². The summed E-state index contributed by atoms with van der Waals surface area (Å²) in [5.41, 5.74) is 1.05. The van der Waals surface area contributed by atoms with E-state index in [0.717, 1.165) is 42.7 Å². The van der Waals surface area contributed by atoms with Crippen LogP contribution in [0.3, 0.4) is 0 Å². The fourth-order valence-corrected chi connectivity index (χ4v) is 2.91. The zero-order valence-corrected chi connectivity index (χ0v) is 12.0. The maximum Gasteiger partial charge on any atom is 0.231 e. The molecule has 3 rings (SSSR count). The van der Waals surface area contributed by atoms with Gasteiger partial charge in [0.1, 0.15) is 0 Å². The molecule has 1 aliphatic carbocycles. The summed E-state index contributed by atoms with van der Waals surface area (Å²) < 4.78 is 10.6. The Bertz CT molecular complexity index is 517. The summed E-state index contributed by atoms with van der Waals surface area (Å²) in [6.45, 7) is 0.263. The van der Waals surface area contributed by atoms with E-state index in [0.29, 0.717) is 12.8 Å². The molecule has 1 aliphatic heterocycles. The fraction of sp³-hybridized carbons (Fsp3) is 0.562. The number of fused-ring (bicyclic) bond motifs is 1. The van der Waals surface area contributed by atoms with Gasteiger partial charge in [0.15, 0.2) is 11.5 Å². The molecule has 2 aliphatic rings. The van der Waals surface area contributed by atoms with Crippen molar-refractivity contribution < 1.29 is 19.4 Å². The Morgan fingerprint density at radius 1 is 1.24 bits per heavy atom. The molecule has 2 N–H and O–H groups in total. The SMILES string of the molecule is O=C(CCc1ccc2c(c1)OCO2)NC1CCCCC1O. The molecule has 114 valence electrons. The first-order valence-corrected chi connectivity index (χ1v) is 7.58. The van der Waals surface area contributed by atoms with Gasteiger partial charge >= 0.3 is 0 Å². The Balaban J connectivity index is 1.49. The van der Waals surface area contributed by atoms with Crippen molar-refractivity contribution in [1.29, 1.82) is 0 Å². The fourth-order valence-electron chi connectivity index (χ4n) is 2.91. The number of ether oxygens (including phenoxy) is 2. The van der Waals surface area contributed by atoms with Gasteiger partial charge in [-0.2, -0.15) is 0 Å². The van der Waals surface area contributed by atoms with E-state index >= 15 is 0 Å². The topological polar surface area (TPSA) is 67.8 Å². The predicted octanol–water partition coefficient (Wildman–Crippen LogP) is 1.77. The van der Waals surface area contributed by atoms with Crippen molar-refractivity contribution in [2.24, 2.45) is 0 Å². The van der Waals surface area contributed by atoms with E-state index < -0.39 is 6.10 Å². The minimum Gasteiger partial charge on any atom is -0.454 e. The number of carbonyl (C=O) groups excluding carboxylic acids is 1. The van der Waals surface area contributed by atoms with E-state index in [-0.39, 0.29) is 18.7 Å². The second kappa shape index (κ2) is 6.35. The predicted molar refractivity (Wildman–Crippen MR) is 77.3 cm³/mol. The third kappa shape index (κ3) is 3.47. The Kier molecular flexibility index (Phi) is 4.29. The minimum absolute atomic E-state index is 0.00128. The van der Waals surface area contributed by atoms with Crippen molar-refractivity contribution in [3.8, 4) is 11.5 Å². The monoisotopic (exact) mass is 291 g/mol. The number of carbonyl (C=O) groups is 1. The van der Waals surface area contributed by atoms with E-state index in [1.54, 1.807) is 0 Å². The Labute approximate surface area is 124 Å². The quantitative estimate of drug-likeness (QED) is 0.887. The first-order valence-electron chi connectivity index (χ1n) is 7.58. The highest BCUT2D eigenvalue weighted by molar-refractivity contribution is 5.76. The zero-order valence-electron chi connectivity index (χ0n) is 12.0. The highest BCUT2D eigenvalue weighted by Gasteiger charge is 2.24. The van der Waals surface area contributed by atoms with Gasteiger partial charge in [0.2, 0.25) is 12.7 Å². The number of hydrogen-bond acceptors (Lipinski definition) is 4. The molecule has 1 fully saturated rings. The van der Waals surface area contributed by atoms with E-state index in [4.69, 9.17) is 9.47 Å². The maximum absolute atomic E-state index is 12.0. The van der Waals surface area contributed by atoms with Crippen LogP contribution >= 0.6 is 0 Å². The molecule has 5 nitrogen and oxygen atoms in total. The highest BCUT2D eigenvalue weighted by Crippen LogP contribution is 2.32. The molecule has 0 bridgehead atoms. The first kappa shape index (κ1) is 14.2. The van der Waals surface area contributed by atoms with Crippen LogP contribution in [0, 0.1) is 0 Å². The van der Waals surface area contributed by atoms with Crippen LogP contribution < -0.4 is 14.8 Å². The summed E-state index contributed by atoms with van der Waals surface area (Å²) in [5, 5.41) is 12.8. The standard InChI is InChI=1S/C16H21NO4/c18-13-4-2-1-3-12(13)17-16(19)8-6-11-5-7-14-15(9-11)21-10-20-14/h5,7,9,12-13,18H,1-4,6,8,10H2,(H,17,19). The highest BCUT2D eigenvalue weighted by atomic mass is 16.7. The average molecular weight is 291 g/mol. The second-order valence-electron chi connectivity index (χ2n) is 5.71. The van der Waals surface area contributed by atoms with Crippen molar-refractivity contribution in [2.75, 3.05) is 6.79 Å². The molecule has 21 heavy (non-hydrogen) atoms. The van der Waals surface area contributed by atoms with Crippen LogP contribution in [0.5, 0.6) is 11.5 Å². The maximum atomic E-state index is 12.0. The van der Waals surface area contributed by atoms with Gasteiger partial charge in [-0.25, -0.2) is 0 Å². The number of aliphatic hydroxyl groups is 1. The van der Waals surface area contributed by atoms with Crippen LogP contribution in [0.2, 0.25) is 0 Å². The Morgan fingerprint density at radius 2 is 2.05 bits per heavy atom. The van der Waals surface area contributed by atoms with Gasteiger partial charge in [-0.05, 0) is 37.0 Å². The van der Waals surface area contributed by atoms with Crippen molar-refractivity contribution in [2.45, 2.75) is 50.7 Å². The first-order chi connectivity index (χ1) is 10.2. The number of rotatable bonds is 4. The van der Waals surface area contributed by atoms with Crippen LogP contribution in [-0.4, -0.2) is 30.0 Å². The molecule has 0 aromatic heterocycles. The molecule has 2 unspecified atom stereocenters. The molecular weight excluding hydrogens is 270 g/mol. The molecule has 2 atom stereocenters. The van der Waals surface area contributed by atoms with Crippen LogP contribution in [0.4, 0.5) is 0 Å². The average Bonchev–Trinajstić information content (AvgIpc) is 2.95. The zero-order chi connectivity index (χ0) is 14.7. The van der Waals surface area contributed by atoms with Gasteiger partial charge in [-0.15, -0.1) is 0 Å². The molecule has 1 aromatic rings. The van der Waals surface area contributed by atoms with E-state index in [9.17, 15) is 9.90 Å². The third-order valence-electron chi connectivity index (χ3n) is 4.15. The Hall–Kier alpha value is -1.75. The Morgan fingerprint density at radius 3 is 2.90 bits per heavy atom. The lowest BCUT2D eigenvalue weighted by Gasteiger charge is -2.28. The molecule has 1 saturated carbocycles. The molecule has 0 spiro atoms. The summed E-state index contributed by atoms with van der Waals surface area (Å²) >= 11 is 0. The van der Waals surface area contributed by atoms with Crippen molar-refractivity contribution in [3.05, 3.63) is 23.8 Å². The lowest BCUT2D eigenvalue weighted by atomic mass is 9.92. The van der Waals surface area contributed by atoms with Crippen LogP contribution in [0.15, 0.2) is 18.2 Å². The summed E-state index contributed by atoms with van der Waals surface area (Å²) in [5.74, 6) is 1.50. The summed E-state index contributed by atoms with van der Waals surface area (Å²) in [4.78, 5) is 12.0. The molecule has 0 radical (unpaired) electrons. The normalized spacial score (nSPS) is 23.9.